The number of aromatic nitrogens is 2. The molecule has 0 atom stereocenters. The molecule has 2 heterocycles. The number of aryl methyl sites for hydroxylation is 3. The monoisotopic (exact) mass is 395 g/mol. The van der Waals surface area contributed by atoms with Gasteiger partial charge in [-0.1, -0.05) is 41.9 Å². The number of nitrogens with one attached hydrogen (secondary N) is 1. The zero-order valence-electron chi connectivity index (χ0n) is 15.2. The van der Waals surface area contributed by atoms with E-state index in [0.29, 0.717) is 9.90 Å². The van der Waals surface area contributed by atoms with Gasteiger partial charge >= 0.3 is 0 Å². The van der Waals surface area contributed by atoms with E-state index in [2.05, 4.69) is 10.4 Å². The number of rotatable bonds is 3. The van der Waals surface area contributed by atoms with Crippen LogP contribution in [0.25, 0.3) is 15.9 Å². The third-order valence-corrected chi connectivity index (χ3v) is 6.00. The molecule has 0 aliphatic heterocycles. The molecule has 0 saturated carbocycles. The first-order valence-corrected chi connectivity index (χ1v) is 9.77. The molecule has 0 saturated heterocycles. The quantitative estimate of drug-likeness (QED) is 0.468. The second-order valence-electron chi connectivity index (χ2n) is 6.50. The van der Waals surface area contributed by atoms with Crippen LogP contribution in [0.5, 0.6) is 0 Å². The Bertz CT molecular complexity index is 1160. The second-order valence-corrected chi connectivity index (χ2v) is 7.94. The number of anilines is 1. The fourth-order valence-corrected chi connectivity index (χ4v) is 4.42. The van der Waals surface area contributed by atoms with Crippen LogP contribution in [0.2, 0.25) is 5.02 Å². The number of nitrogens with zero attached hydrogens (tertiary/aromatic N) is 2. The van der Waals surface area contributed by atoms with Crippen LogP contribution in [0.15, 0.2) is 48.5 Å². The van der Waals surface area contributed by atoms with Gasteiger partial charge in [-0.2, -0.15) is 5.10 Å². The molecule has 2 aromatic carbocycles. The van der Waals surface area contributed by atoms with E-state index >= 15 is 0 Å². The molecule has 0 radical (unpaired) electrons. The van der Waals surface area contributed by atoms with Crippen molar-refractivity contribution in [2.45, 2.75) is 20.8 Å². The Morgan fingerprint density at radius 2 is 1.78 bits per heavy atom. The van der Waals surface area contributed by atoms with E-state index in [-0.39, 0.29) is 5.91 Å². The van der Waals surface area contributed by atoms with Crippen molar-refractivity contribution in [3.8, 4) is 5.69 Å². The van der Waals surface area contributed by atoms with E-state index in [4.69, 9.17) is 11.6 Å². The van der Waals surface area contributed by atoms with Gasteiger partial charge in [0.15, 0.2) is 0 Å². The molecule has 4 aromatic rings. The van der Waals surface area contributed by atoms with Gasteiger partial charge in [0, 0.05) is 11.1 Å². The molecule has 1 amide bonds. The molecule has 0 spiro atoms. The number of fused-ring (bicyclic) bond motifs is 1. The number of hydrogen-bond donors (Lipinski definition) is 1. The number of hydrogen-bond acceptors (Lipinski definition) is 3. The lowest BCUT2D eigenvalue weighted by Gasteiger charge is -2.10. The van der Waals surface area contributed by atoms with Crippen molar-refractivity contribution < 1.29 is 4.79 Å². The number of carbonyl (C=O) groups is 1. The summed E-state index contributed by atoms with van der Waals surface area (Å²) < 4.78 is 1.81. The summed E-state index contributed by atoms with van der Waals surface area (Å²) in [7, 11) is 0. The van der Waals surface area contributed by atoms with Crippen LogP contribution >= 0.6 is 22.9 Å². The molecule has 0 aliphatic rings. The van der Waals surface area contributed by atoms with E-state index in [1.807, 2.05) is 74.0 Å². The predicted molar refractivity (Wildman–Crippen MR) is 113 cm³/mol. The summed E-state index contributed by atoms with van der Waals surface area (Å²) >= 11 is 7.76. The van der Waals surface area contributed by atoms with E-state index < -0.39 is 0 Å². The number of thiophene rings is 1. The van der Waals surface area contributed by atoms with Crippen LogP contribution in [-0.2, 0) is 0 Å². The molecule has 1 N–H and O–H groups in total. The Labute approximate surface area is 166 Å². The molecule has 4 nitrogen and oxygen atoms in total. The number of para-hydroxylation sites is 2. The lowest BCUT2D eigenvalue weighted by Crippen LogP contribution is -2.12. The molecule has 0 unspecified atom stereocenters. The Kier molecular flexibility index (Phi) is 4.50. The maximum Gasteiger partial charge on any atom is 0.265 e. The van der Waals surface area contributed by atoms with Crippen LogP contribution in [0.3, 0.4) is 0 Å². The number of carbonyl (C=O) groups excluding carboxylic acids is 1. The van der Waals surface area contributed by atoms with E-state index in [9.17, 15) is 4.79 Å². The van der Waals surface area contributed by atoms with Crippen molar-refractivity contribution in [1.82, 2.24) is 9.78 Å². The Balaban J connectivity index is 1.75. The summed E-state index contributed by atoms with van der Waals surface area (Å²) in [5.41, 5.74) is 4.63. The smallest absolute Gasteiger partial charge is 0.265 e. The lowest BCUT2D eigenvalue weighted by molar-refractivity contribution is 0.103. The van der Waals surface area contributed by atoms with Gasteiger partial charge < -0.3 is 5.32 Å². The minimum Gasteiger partial charge on any atom is -0.321 e. The Morgan fingerprint density at radius 1 is 1.07 bits per heavy atom. The van der Waals surface area contributed by atoms with Crippen molar-refractivity contribution in [3.63, 3.8) is 0 Å². The molecule has 6 heteroatoms. The van der Waals surface area contributed by atoms with E-state index in [1.54, 1.807) is 0 Å². The minimum atomic E-state index is -0.112. The van der Waals surface area contributed by atoms with Crippen molar-refractivity contribution >= 4 is 44.7 Å². The summed E-state index contributed by atoms with van der Waals surface area (Å²) in [6.07, 6.45) is 0. The molecule has 27 heavy (non-hydrogen) atoms. The molecule has 136 valence electrons. The maximum absolute atomic E-state index is 12.9. The van der Waals surface area contributed by atoms with Crippen molar-refractivity contribution in [2.24, 2.45) is 0 Å². The summed E-state index contributed by atoms with van der Waals surface area (Å²) in [5, 5.41) is 9.24. The van der Waals surface area contributed by atoms with Gasteiger partial charge in [-0.05, 0) is 50.1 Å². The van der Waals surface area contributed by atoms with E-state index in [1.165, 1.54) is 11.3 Å². The van der Waals surface area contributed by atoms with Gasteiger partial charge in [-0.25, -0.2) is 4.68 Å². The predicted octanol–water partition coefficient (Wildman–Crippen LogP) is 5.92. The second kappa shape index (κ2) is 6.83. The van der Waals surface area contributed by atoms with Crippen LogP contribution in [0, 0.1) is 20.8 Å². The highest BCUT2D eigenvalue weighted by Crippen LogP contribution is 2.33. The standard InChI is InChI=1S/C21H18ClN3OS/c1-12-7-6-8-13(2)19(12)23-20(26)18-11-15-14(3)24-25(21(15)27-18)17-10-5-4-9-16(17)22/h4-11H,1-3H3,(H,23,26). The molecule has 4 rings (SSSR count). The fourth-order valence-electron chi connectivity index (χ4n) is 3.13. The lowest BCUT2D eigenvalue weighted by atomic mass is 10.1. The SMILES string of the molecule is Cc1cccc(C)c1NC(=O)c1cc2c(C)nn(-c3ccccc3Cl)c2s1. The van der Waals surface area contributed by atoms with Crippen molar-refractivity contribution in [3.05, 3.63) is 75.3 Å². The van der Waals surface area contributed by atoms with Gasteiger partial charge in [0.2, 0.25) is 0 Å². The average molecular weight is 396 g/mol. The third kappa shape index (κ3) is 3.13. The first kappa shape index (κ1) is 17.8. The summed E-state index contributed by atoms with van der Waals surface area (Å²) in [6.45, 7) is 5.93. The van der Waals surface area contributed by atoms with Crippen LogP contribution < -0.4 is 5.32 Å². The first-order valence-electron chi connectivity index (χ1n) is 8.57. The molecule has 0 aliphatic carbocycles. The highest BCUT2D eigenvalue weighted by Gasteiger charge is 2.19. The number of benzene rings is 2. The van der Waals surface area contributed by atoms with E-state index in [0.717, 1.165) is 38.4 Å². The van der Waals surface area contributed by atoms with Gasteiger partial charge in [-0.15, -0.1) is 11.3 Å². The number of amides is 1. The maximum atomic E-state index is 12.9. The Hall–Kier alpha value is -2.63. The molecular formula is C21H18ClN3OS. The van der Waals surface area contributed by atoms with Crippen molar-refractivity contribution in [2.75, 3.05) is 5.32 Å². The summed E-state index contributed by atoms with van der Waals surface area (Å²) in [5.74, 6) is -0.112. The van der Waals surface area contributed by atoms with Gasteiger partial charge in [0.1, 0.15) is 4.83 Å². The minimum absolute atomic E-state index is 0.112. The normalized spacial score (nSPS) is 11.1. The molecule has 2 aromatic heterocycles. The molecule has 0 fully saturated rings. The Morgan fingerprint density at radius 3 is 2.48 bits per heavy atom. The van der Waals surface area contributed by atoms with Crippen LogP contribution in [0.4, 0.5) is 5.69 Å². The summed E-state index contributed by atoms with van der Waals surface area (Å²) in [6, 6.07) is 15.4. The van der Waals surface area contributed by atoms with Gasteiger partial charge in [-0.3, -0.25) is 4.79 Å². The van der Waals surface area contributed by atoms with Crippen molar-refractivity contribution in [1.29, 1.82) is 0 Å². The highest BCUT2D eigenvalue weighted by molar-refractivity contribution is 7.20. The fraction of sp³-hybridized carbons (Fsp3) is 0.143. The zero-order valence-corrected chi connectivity index (χ0v) is 16.8. The molecule has 0 bridgehead atoms. The topological polar surface area (TPSA) is 46.9 Å². The molecular weight excluding hydrogens is 378 g/mol. The van der Waals surface area contributed by atoms with Crippen LogP contribution in [-0.4, -0.2) is 15.7 Å². The highest BCUT2D eigenvalue weighted by atomic mass is 35.5. The van der Waals surface area contributed by atoms with Crippen LogP contribution in [0.1, 0.15) is 26.5 Å². The average Bonchev–Trinajstić information content (AvgIpc) is 3.20. The third-order valence-electron chi connectivity index (χ3n) is 4.57. The summed E-state index contributed by atoms with van der Waals surface area (Å²) in [4.78, 5) is 14.4. The zero-order chi connectivity index (χ0) is 19.1. The largest absolute Gasteiger partial charge is 0.321 e. The number of halogens is 1. The first-order chi connectivity index (χ1) is 13.0. The van der Waals surface area contributed by atoms with Gasteiger partial charge in [0.25, 0.3) is 5.91 Å². The van der Waals surface area contributed by atoms with Gasteiger partial charge in [0.05, 0.1) is 21.3 Å².